The molecule has 4 rings (SSSR count). The fourth-order valence-electron chi connectivity index (χ4n) is 3.41. The van der Waals surface area contributed by atoms with Crippen LogP contribution in [0.25, 0.3) is 10.2 Å². The van der Waals surface area contributed by atoms with Gasteiger partial charge in [-0.2, -0.15) is 0 Å². The van der Waals surface area contributed by atoms with Crippen LogP contribution in [0.4, 0.5) is 0 Å². The van der Waals surface area contributed by atoms with Crippen LogP contribution in [0, 0.1) is 6.92 Å². The highest BCUT2D eigenvalue weighted by molar-refractivity contribution is 7.20. The van der Waals surface area contributed by atoms with Gasteiger partial charge in [-0.25, -0.2) is 0 Å². The van der Waals surface area contributed by atoms with Crippen LogP contribution in [0.2, 0.25) is 5.02 Å². The third-order valence-corrected chi connectivity index (χ3v) is 6.36. The molecular formula is C20H21ClN2O2S. The summed E-state index contributed by atoms with van der Waals surface area (Å²) < 4.78 is 7.74. The molecule has 26 heavy (non-hydrogen) atoms. The van der Waals surface area contributed by atoms with E-state index in [9.17, 15) is 4.79 Å². The van der Waals surface area contributed by atoms with Crippen molar-refractivity contribution in [2.24, 2.45) is 0 Å². The third kappa shape index (κ3) is 3.45. The van der Waals surface area contributed by atoms with Gasteiger partial charge in [0.25, 0.3) is 0 Å². The van der Waals surface area contributed by atoms with Gasteiger partial charge >= 0.3 is 0 Å². The molecular weight excluding hydrogens is 368 g/mol. The summed E-state index contributed by atoms with van der Waals surface area (Å²) in [7, 11) is 0. The van der Waals surface area contributed by atoms with Crippen LogP contribution in [0.5, 0.6) is 0 Å². The second-order valence-electron chi connectivity index (χ2n) is 6.57. The summed E-state index contributed by atoms with van der Waals surface area (Å²) >= 11 is 7.75. The first kappa shape index (κ1) is 17.7. The molecule has 0 bridgehead atoms. The number of halogens is 1. The van der Waals surface area contributed by atoms with Crippen molar-refractivity contribution >= 4 is 38.9 Å². The Morgan fingerprint density at radius 2 is 1.96 bits per heavy atom. The summed E-state index contributed by atoms with van der Waals surface area (Å²) in [6.45, 7) is 7.66. The van der Waals surface area contributed by atoms with Gasteiger partial charge in [0.15, 0.2) is 0 Å². The Morgan fingerprint density at radius 1 is 1.19 bits per heavy atom. The molecule has 136 valence electrons. The summed E-state index contributed by atoms with van der Waals surface area (Å²) in [6, 6.07) is 11.4. The van der Waals surface area contributed by atoms with Crippen molar-refractivity contribution in [3.63, 3.8) is 0 Å². The van der Waals surface area contributed by atoms with E-state index in [0.717, 1.165) is 54.5 Å². The van der Waals surface area contributed by atoms with Crippen molar-refractivity contribution in [1.82, 2.24) is 9.47 Å². The number of aryl methyl sites for hydroxylation is 1. The third-order valence-electron chi connectivity index (χ3n) is 4.86. The number of thiophene rings is 1. The van der Waals surface area contributed by atoms with Crippen molar-refractivity contribution in [1.29, 1.82) is 0 Å². The maximum Gasteiger partial charge on any atom is 0.204 e. The Balaban J connectivity index is 1.58. The van der Waals surface area contributed by atoms with Crippen molar-refractivity contribution in [2.75, 3.05) is 32.8 Å². The predicted molar refractivity (Wildman–Crippen MR) is 107 cm³/mol. The van der Waals surface area contributed by atoms with Crippen LogP contribution in [0.1, 0.15) is 20.9 Å². The number of nitrogens with zero attached hydrogens (tertiary/aromatic N) is 2. The first-order valence-corrected chi connectivity index (χ1v) is 10.0. The predicted octanol–water partition coefficient (Wildman–Crippen LogP) is 4.23. The molecule has 2 aromatic heterocycles. The first-order valence-electron chi connectivity index (χ1n) is 8.82. The molecule has 0 amide bonds. The molecule has 4 nitrogen and oxygen atoms in total. The van der Waals surface area contributed by atoms with E-state index in [-0.39, 0.29) is 5.78 Å². The zero-order valence-electron chi connectivity index (χ0n) is 14.7. The van der Waals surface area contributed by atoms with Gasteiger partial charge < -0.3 is 9.30 Å². The second-order valence-corrected chi connectivity index (χ2v) is 8.01. The van der Waals surface area contributed by atoms with Gasteiger partial charge in [0.1, 0.15) is 4.83 Å². The zero-order chi connectivity index (χ0) is 18.1. The Bertz CT molecular complexity index is 941. The number of morpholine rings is 1. The minimum absolute atomic E-state index is 0.00539. The number of hydrogen-bond donors (Lipinski definition) is 0. The lowest BCUT2D eigenvalue weighted by atomic mass is 10.1. The standard InChI is InChI=1S/C20H21ClN2O2S/c1-14-12-15-13-18(19(24)16-4-2-3-5-17(16)21)26-20(15)23(14)7-6-22-8-10-25-11-9-22/h2-5,12-13H,6-11H2,1H3. The van der Waals surface area contributed by atoms with E-state index in [2.05, 4.69) is 22.5 Å². The monoisotopic (exact) mass is 388 g/mol. The molecule has 0 radical (unpaired) electrons. The molecule has 0 atom stereocenters. The zero-order valence-corrected chi connectivity index (χ0v) is 16.3. The lowest BCUT2D eigenvalue weighted by Crippen LogP contribution is -2.38. The highest BCUT2D eigenvalue weighted by atomic mass is 35.5. The molecule has 1 aromatic carbocycles. The Morgan fingerprint density at radius 3 is 2.73 bits per heavy atom. The van der Waals surface area contributed by atoms with Crippen LogP contribution in [0.15, 0.2) is 36.4 Å². The maximum atomic E-state index is 12.8. The van der Waals surface area contributed by atoms with Crippen molar-refractivity contribution in [3.8, 4) is 0 Å². The number of carbonyl (C=O) groups is 1. The van der Waals surface area contributed by atoms with Gasteiger partial charge in [-0.3, -0.25) is 9.69 Å². The molecule has 0 aliphatic carbocycles. The van der Waals surface area contributed by atoms with Gasteiger partial charge in [-0.15, -0.1) is 11.3 Å². The largest absolute Gasteiger partial charge is 0.379 e. The lowest BCUT2D eigenvalue weighted by molar-refractivity contribution is 0.0365. The molecule has 0 saturated carbocycles. The number of aromatic nitrogens is 1. The van der Waals surface area contributed by atoms with Crippen molar-refractivity contribution in [3.05, 3.63) is 57.6 Å². The molecule has 1 saturated heterocycles. The van der Waals surface area contributed by atoms with Gasteiger partial charge in [0.05, 0.1) is 23.1 Å². The second kappa shape index (κ2) is 7.53. The van der Waals surface area contributed by atoms with Gasteiger partial charge in [0, 0.05) is 42.8 Å². The van der Waals surface area contributed by atoms with E-state index in [1.807, 2.05) is 18.2 Å². The highest BCUT2D eigenvalue weighted by Gasteiger charge is 2.18. The molecule has 1 aliphatic heterocycles. The summed E-state index contributed by atoms with van der Waals surface area (Å²) in [5.74, 6) is -0.00539. The first-order chi connectivity index (χ1) is 12.6. The summed E-state index contributed by atoms with van der Waals surface area (Å²) in [5, 5.41) is 1.63. The minimum Gasteiger partial charge on any atom is -0.379 e. The quantitative estimate of drug-likeness (QED) is 0.613. The average molecular weight is 389 g/mol. The number of ketones is 1. The van der Waals surface area contributed by atoms with Crippen LogP contribution in [-0.4, -0.2) is 48.1 Å². The number of carbonyl (C=O) groups excluding carboxylic acids is 1. The average Bonchev–Trinajstić information content (AvgIpc) is 3.18. The Hall–Kier alpha value is -1.66. The Kier molecular flexibility index (Phi) is 5.14. The molecule has 0 spiro atoms. The molecule has 1 fully saturated rings. The molecule has 3 heterocycles. The number of benzene rings is 1. The van der Waals surface area contributed by atoms with E-state index in [4.69, 9.17) is 16.3 Å². The van der Waals surface area contributed by atoms with Crippen molar-refractivity contribution < 1.29 is 9.53 Å². The molecule has 1 aliphatic rings. The van der Waals surface area contributed by atoms with E-state index in [1.54, 1.807) is 23.5 Å². The van der Waals surface area contributed by atoms with Crippen LogP contribution >= 0.6 is 22.9 Å². The normalized spacial score (nSPS) is 15.6. The lowest BCUT2D eigenvalue weighted by Gasteiger charge is -2.26. The smallest absolute Gasteiger partial charge is 0.204 e. The fraction of sp³-hybridized carbons (Fsp3) is 0.350. The molecule has 6 heteroatoms. The van der Waals surface area contributed by atoms with Gasteiger partial charge in [-0.05, 0) is 31.2 Å². The Labute approximate surface area is 161 Å². The molecule has 0 N–H and O–H groups in total. The van der Waals surface area contributed by atoms with Crippen molar-refractivity contribution in [2.45, 2.75) is 13.5 Å². The summed E-state index contributed by atoms with van der Waals surface area (Å²) in [6.07, 6.45) is 0. The summed E-state index contributed by atoms with van der Waals surface area (Å²) in [5.41, 5.74) is 1.80. The van der Waals surface area contributed by atoms with E-state index < -0.39 is 0 Å². The maximum absolute atomic E-state index is 12.8. The van der Waals surface area contributed by atoms with Gasteiger partial charge in [-0.1, -0.05) is 23.7 Å². The SMILES string of the molecule is Cc1cc2cc(C(=O)c3ccccc3Cl)sc2n1CCN1CCOCC1. The van der Waals surface area contributed by atoms with Crippen LogP contribution in [0.3, 0.4) is 0 Å². The van der Waals surface area contributed by atoms with E-state index in [0.29, 0.717) is 10.6 Å². The summed E-state index contributed by atoms with van der Waals surface area (Å²) in [4.78, 5) is 17.2. The number of rotatable bonds is 5. The topological polar surface area (TPSA) is 34.5 Å². The molecule has 3 aromatic rings. The van der Waals surface area contributed by atoms with Gasteiger partial charge in [0.2, 0.25) is 5.78 Å². The van der Waals surface area contributed by atoms with Crippen LogP contribution < -0.4 is 0 Å². The number of ether oxygens (including phenoxy) is 1. The fourth-order valence-corrected chi connectivity index (χ4v) is 4.81. The molecule has 0 unspecified atom stereocenters. The van der Waals surface area contributed by atoms with E-state index >= 15 is 0 Å². The van der Waals surface area contributed by atoms with Crippen LogP contribution in [-0.2, 0) is 11.3 Å². The minimum atomic E-state index is -0.00539. The van der Waals surface area contributed by atoms with E-state index in [1.165, 1.54) is 5.69 Å². The number of hydrogen-bond acceptors (Lipinski definition) is 4. The highest BCUT2D eigenvalue weighted by Crippen LogP contribution is 2.31. The number of fused-ring (bicyclic) bond motifs is 1.